The maximum atomic E-state index is 12.2. The highest BCUT2D eigenvalue weighted by Crippen LogP contribution is 2.11. The summed E-state index contributed by atoms with van der Waals surface area (Å²) in [7, 11) is 0. The average molecular weight is 264 g/mol. The van der Waals surface area contributed by atoms with Crippen molar-refractivity contribution in [2.75, 3.05) is 38.2 Å². The number of amides is 1. The molecule has 2 rings (SSSR count). The topological polar surface area (TPSA) is 66.5 Å². The maximum absolute atomic E-state index is 12.2. The van der Waals surface area contributed by atoms with Gasteiger partial charge in [0.15, 0.2) is 0 Å². The number of aromatic nitrogens is 1. The Morgan fingerprint density at radius 2 is 2.26 bits per heavy atom. The zero-order valence-corrected chi connectivity index (χ0v) is 11.2. The van der Waals surface area contributed by atoms with E-state index in [0.717, 1.165) is 13.0 Å². The Balaban J connectivity index is 2.00. The van der Waals surface area contributed by atoms with Gasteiger partial charge in [-0.2, -0.15) is 0 Å². The number of hydrogen-bond acceptors (Lipinski definition) is 5. The molecule has 1 aromatic rings. The first-order valence-electron chi connectivity index (χ1n) is 6.64. The van der Waals surface area contributed by atoms with E-state index in [4.69, 9.17) is 4.74 Å². The number of anilines is 1. The predicted molar refractivity (Wildman–Crippen MR) is 72.9 cm³/mol. The summed E-state index contributed by atoms with van der Waals surface area (Å²) in [6.45, 7) is 5.59. The number of nitrogens with zero attached hydrogens (tertiary/aromatic N) is 2. The summed E-state index contributed by atoms with van der Waals surface area (Å²) in [5, 5.41) is 5.04. The van der Waals surface area contributed by atoms with Crippen LogP contribution in [0.4, 0.5) is 5.82 Å². The third kappa shape index (κ3) is 3.90. The molecule has 6 heteroatoms. The third-order valence-corrected chi connectivity index (χ3v) is 2.87. The molecule has 19 heavy (non-hydrogen) atoms. The molecule has 1 aliphatic rings. The summed E-state index contributed by atoms with van der Waals surface area (Å²) in [6, 6.07) is 3.55. The van der Waals surface area contributed by atoms with Gasteiger partial charge in [-0.15, -0.1) is 0 Å². The molecule has 0 radical (unpaired) electrons. The van der Waals surface area contributed by atoms with Gasteiger partial charge in [0.2, 0.25) is 0 Å². The van der Waals surface area contributed by atoms with Crippen molar-refractivity contribution in [2.45, 2.75) is 13.3 Å². The summed E-state index contributed by atoms with van der Waals surface area (Å²) in [6.07, 6.45) is 2.67. The first-order chi connectivity index (χ1) is 9.31. The van der Waals surface area contributed by atoms with Crippen LogP contribution >= 0.6 is 0 Å². The standard InChI is InChI=1S/C13H20N4O2/c1-2-5-14-12-11(4-3-6-15-12)13(18)16-17-7-9-19-10-8-17/h3-4,6H,2,5,7-10H2,1H3,(H,14,15)(H,16,18). The van der Waals surface area contributed by atoms with Crippen molar-refractivity contribution in [2.24, 2.45) is 0 Å². The first kappa shape index (κ1) is 13.8. The molecular weight excluding hydrogens is 244 g/mol. The smallest absolute Gasteiger partial charge is 0.269 e. The van der Waals surface area contributed by atoms with E-state index in [0.29, 0.717) is 37.7 Å². The Bertz CT molecular complexity index is 419. The fraction of sp³-hybridized carbons (Fsp3) is 0.538. The summed E-state index contributed by atoms with van der Waals surface area (Å²) in [5.74, 6) is 0.503. The van der Waals surface area contributed by atoms with Gasteiger partial charge in [-0.3, -0.25) is 10.2 Å². The normalized spacial score (nSPS) is 16.1. The van der Waals surface area contributed by atoms with Gasteiger partial charge in [0, 0.05) is 25.8 Å². The Kier molecular flexibility index (Phi) is 5.11. The minimum absolute atomic E-state index is 0.131. The summed E-state index contributed by atoms with van der Waals surface area (Å²) < 4.78 is 5.25. The molecular formula is C13H20N4O2. The molecule has 6 nitrogen and oxygen atoms in total. The van der Waals surface area contributed by atoms with Crippen molar-refractivity contribution in [3.63, 3.8) is 0 Å². The molecule has 1 aliphatic heterocycles. The van der Waals surface area contributed by atoms with E-state index in [2.05, 4.69) is 22.7 Å². The number of hydrogen-bond donors (Lipinski definition) is 2. The molecule has 0 bridgehead atoms. The van der Waals surface area contributed by atoms with Crippen LogP contribution in [0.1, 0.15) is 23.7 Å². The fourth-order valence-corrected chi connectivity index (χ4v) is 1.85. The van der Waals surface area contributed by atoms with Gasteiger partial charge >= 0.3 is 0 Å². The minimum Gasteiger partial charge on any atom is -0.379 e. The Labute approximate surface area is 113 Å². The van der Waals surface area contributed by atoms with Crippen LogP contribution in [-0.4, -0.2) is 48.7 Å². The zero-order chi connectivity index (χ0) is 13.5. The lowest BCUT2D eigenvalue weighted by atomic mass is 10.2. The predicted octanol–water partition coefficient (Wildman–Crippen LogP) is 0.880. The monoisotopic (exact) mass is 264 g/mol. The molecule has 2 heterocycles. The highest BCUT2D eigenvalue weighted by Gasteiger charge is 2.17. The van der Waals surface area contributed by atoms with Crippen LogP contribution in [0.3, 0.4) is 0 Å². The van der Waals surface area contributed by atoms with E-state index in [9.17, 15) is 4.79 Å². The molecule has 0 spiro atoms. The quantitative estimate of drug-likeness (QED) is 0.826. The van der Waals surface area contributed by atoms with Crippen molar-refractivity contribution in [3.05, 3.63) is 23.9 Å². The zero-order valence-electron chi connectivity index (χ0n) is 11.2. The number of nitrogens with one attached hydrogen (secondary N) is 2. The molecule has 0 aromatic carbocycles. The number of pyridine rings is 1. The van der Waals surface area contributed by atoms with Crippen LogP contribution in [-0.2, 0) is 4.74 Å². The highest BCUT2D eigenvalue weighted by molar-refractivity contribution is 5.98. The highest BCUT2D eigenvalue weighted by atomic mass is 16.5. The molecule has 1 amide bonds. The molecule has 2 N–H and O–H groups in total. The van der Waals surface area contributed by atoms with Crippen LogP contribution in [0.2, 0.25) is 0 Å². The van der Waals surface area contributed by atoms with E-state index in [1.807, 2.05) is 5.01 Å². The fourth-order valence-electron chi connectivity index (χ4n) is 1.85. The number of rotatable bonds is 5. The van der Waals surface area contributed by atoms with Crippen LogP contribution < -0.4 is 10.7 Å². The van der Waals surface area contributed by atoms with E-state index in [-0.39, 0.29) is 5.91 Å². The van der Waals surface area contributed by atoms with Crippen LogP contribution in [0, 0.1) is 0 Å². The van der Waals surface area contributed by atoms with Crippen molar-refractivity contribution >= 4 is 11.7 Å². The Morgan fingerprint density at radius 1 is 1.47 bits per heavy atom. The van der Waals surface area contributed by atoms with Crippen molar-refractivity contribution < 1.29 is 9.53 Å². The van der Waals surface area contributed by atoms with Crippen LogP contribution in [0.15, 0.2) is 18.3 Å². The molecule has 0 saturated carbocycles. The second-order valence-electron chi connectivity index (χ2n) is 4.37. The summed E-state index contributed by atoms with van der Waals surface area (Å²) >= 11 is 0. The van der Waals surface area contributed by atoms with Crippen LogP contribution in [0.25, 0.3) is 0 Å². The van der Waals surface area contributed by atoms with Gasteiger partial charge in [-0.25, -0.2) is 9.99 Å². The number of ether oxygens (including phenoxy) is 1. The summed E-state index contributed by atoms with van der Waals surface area (Å²) in [5.41, 5.74) is 3.46. The lowest BCUT2D eigenvalue weighted by molar-refractivity contribution is 0.0126. The molecule has 1 saturated heterocycles. The number of hydrazine groups is 1. The molecule has 0 unspecified atom stereocenters. The van der Waals surface area contributed by atoms with E-state index in [1.54, 1.807) is 18.3 Å². The second kappa shape index (κ2) is 7.06. The SMILES string of the molecule is CCCNc1ncccc1C(=O)NN1CCOCC1. The first-order valence-corrected chi connectivity index (χ1v) is 6.64. The van der Waals surface area contributed by atoms with Gasteiger partial charge < -0.3 is 10.1 Å². The second-order valence-corrected chi connectivity index (χ2v) is 4.37. The molecule has 1 aromatic heterocycles. The van der Waals surface area contributed by atoms with Gasteiger partial charge in [0.25, 0.3) is 5.91 Å². The van der Waals surface area contributed by atoms with Crippen molar-refractivity contribution in [1.29, 1.82) is 0 Å². The number of morpholine rings is 1. The Morgan fingerprint density at radius 3 is 3.00 bits per heavy atom. The van der Waals surface area contributed by atoms with Gasteiger partial charge in [-0.1, -0.05) is 6.92 Å². The third-order valence-electron chi connectivity index (χ3n) is 2.87. The van der Waals surface area contributed by atoms with Crippen LogP contribution in [0.5, 0.6) is 0 Å². The minimum atomic E-state index is -0.131. The van der Waals surface area contributed by atoms with Crippen molar-refractivity contribution in [1.82, 2.24) is 15.4 Å². The van der Waals surface area contributed by atoms with E-state index in [1.165, 1.54) is 0 Å². The average Bonchev–Trinajstić information content (AvgIpc) is 2.46. The lowest BCUT2D eigenvalue weighted by Gasteiger charge is -2.27. The van der Waals surface area contributed by atoms with E-state index < -0.39 is 0 Å². The largest absolute Gasteiger partial charge is 0.379 e. The summed E-state index contributed by atoms with van der Waals surface area (Å²) in [4.78, 5) is 16.4. The lowest BCUT2D eigenvalue weighted by Crippen LogP contribution is -2.48. The molecule has 0 aliphatic carbocycles. The number of carbonyl (C=O) groups excluding carboxylic acids is 1. The number of carbonyl (C=O) groups is 1. The van der Waals surface area contributed by atoms with E-state index >= 15 is 0 Å². The molecule has 1 fully saturated rings. The Hall–Kier alpha value is -1.66. The molecule has 104 valence electrons. The molecule has 0 atom stereocenters. The van der Waals surface area contributed by atoms with Gasteiger partial charge in [0.05, 0.1) is 18.8 Å². The van der Waals surface area contributed by atoms with Gasteiger partial charge in [0.1, 0.15) is 5.82 Å². The van der Waals surface area contributed by atoms with Crippen molar-refractivity contribution in [3.8, 4) is 0 Å². The van der Waals surface area contributed by atoms with Gasteiger partial charge in [-0.05, 0) is 18.6 Å². The maximum Gasteiger partial charge on any atom is 0.269 e.